The first-order valence-corrected chi connectivity index (χ1v) is 9.22. The molecule has 3 rings (SSSR count). The lowest BCUT2D eigenvalue weighted by Gasteiger charge is -2.21. The Balaban J connectivity index is 1.95. The summed E-state index contributed by atoms with van der Waals surface area (Å²) in [7, 11) is 1.21. The molecule has 0 bridgehead atoms. The summed E-state index contributed by atoms with van der Waals surface area (Å²) in [4.78, 5) is 24.1. The number of benzene rings is 2. The molecule has 1 amide bonds. The number of amides is 1. The van der Waals surface area contributed by atoms with Gasteiger partial charge in [-0.2, -0.15) is 18.3 Å². The van der Waals surface area contributed by atoms with Crippen LogP contribution in [0.5, 0.6) is 11.6 Å². The molecule has 0 aliphatic rings. The van der Waals surface area contributed by atoms with E-state index in [1.807, 2.05) is 0 Å². The number of nitrogens with zero attached hydrogens (tertiary/aromatic N) is 2. The maximum Gasteiger partial charge on any atom is 0.416 e. The number of rotatable bonds is 7. The molecule has 1 heterocycles. The minimum Gasteiger partial charge on any atom is -0.496 e. The van der Waals surface area contributed by atoms with Gasteiger partial charge >= 0.3 is 12.1 Å². The first-order valence-electron chi connectivity index (χ1n) is 9.22. The zero-order valence-corrected chi connectivity index (χ0v) is 16.6. The number of ether oxygens (including phenoxy) is 1. The number of hydrogen-bond acceptors (Lipinski definition) is 5. The van der Waals surface area contributed by atoms with Crippen molar-refractivity contribution >= 4 is 11.9 Å². The summed E-state index contributed by atoms with van der Waals surface area (Å²) in [5, 5.41) is 25.7. The van der Waals surface area contributed by atoms with Crippen LogP contribution < -0.4 is 10.1 Å². The van der Waals surface area contributed by atoms with E-state index < -0.39 is 36.1 Å². The minimum absolute atomic E-state index is 0.0257. The summed E-state index contributed by atoms with van der Waals surface area (Å²) in [6.07, 6.45) is -5.40. The number of hydrogen-bond donors (Lipinski definition) is 3. The van der Waals surface area contributed by atoms with Crippen molar-refractivity contribution in [1.29, 1.82) is 0 Å². The number of carboxylic acids is 1. The summed E-state index contributed by atoms with van der Waals surface area (Å²) in [5.41, 5.74) is -0.980. The van der Waals surface area contributed by atoms with Crippen LogP contribution in [-0.2, 0) is 11.0 Å². The Kier molecular flexibility index (Phi) is 6.37. The number of alkyl halides is 3. The Morgan fingerprint density at radius 3 is 2.44 bits per heavy atom. The molecule has 3 aromatic rings. The predicted molar refractivity (Wildman–Crippen MR) is 106 cm³/mol. The van der Waals surface area contributed by atoms with Crippen molar-refractivity contribution < 1.29 is 37.7 Å². The predicted octanol–water partition coefficient (Wildman–Crippen LogP) is 3.55. The maximum absolute atomic E-state index is 13.2. The Hall–Kier alpha value is -4.02. The van der Waals surface area contributed by atoms with Gasteiger partial charge in [0.15, 0.2) is 5.69 Å². The average Bonchev–Trinajstić information content (AvgIpc) is 3.14. The molecule has 168 valence electrons. The maximum atomic E-state index is 13.2. The number of nitrogens with one attached hydrogen (secondary N) is 1. The van der Waals surface area contributed by atoms with Crippen molar-refractivity contribution in [3.63, 3.8) is 0 Å². The number of aromatic hydroxyl groups is 1. The van der Waals surface area contributed by atoms with Crippen molar-refractivity contribution in [2.24, 2.45) is 0 Å². The largest absolute Gasteiger partial charge is 0.496 e. The van der Waals surface area contributed by atoms with Crippen LogP contribution in [0.1, 0.15) is 34.1 Å². The number of para-hydroxylation sites is 1. The highest BCUT2D eigenvalue weighted by Gasteiger charge is 2.33. The van der Waals surface area contributed by atoms with Crippen LogP contribution in [0, 0.1) is 0 Å². The number of carboxylic acid groups (broad SMARTS) is 1. The third-order valence-electron chi connectivity index (χ3n) is 4.54. The number of halogens is 3. The second-order valence-electron chi connectivity index (χ2n) is 6.71. The molecule has 1 unspecified atom stereocenters. The van der Waals surface area contributed by atoms with Crippen LogP contribution in [0.3, 0.4) is 0 Å². The van der Waals surface area contributed by atoms with E-state index in [9.17, 15) is 33.0 Å². The van der Waals surface area contributed by atoms with Crippen LogP contribution in [0.2, 0.25) is 0 Å². The first-order chi connectivity index (χ1) is 15.1. The topological polar surface area (TPSA) is 114 Å². The molecule has 2 aromatic carbocycles. The highest BCUT2D eigenvalue weighted by molar-refractivity contribution is 5.93. The number of methoxy groups -OCH3 is 1. The fourth-order valence-electron chi connectivity index (χ4n) is 3.07. The van der Waals surface area contributed by atoms with Crippen molar-refractivity contribution in [3.05, 3.63) is 71.4 Å². The lowest BCUT2D eigenvalue weighted by atomic mass is 9.99. The van der Waals surface area contributed by atoms with Gasteiger partial charge in [-0.1, -0.05) is 18.2 Å². The second-order valence-corrected chi connectivity index (χ2v) is 6.71. The molecule has 0 radical (unpaired) electrons. The quantitative estimate of drug-likeness (QED) is 0.508. The van der Waals surface area contributed by atoms with Crippen molar-refractivity contribution in [3.8, 4) is 17.3 Å². The minimum atomic E-state index is -4.68. The van der Waals surface area contributed by atoms with E-state index in [1.165, 1.54) is 7.11 Å². The van der Waals surface area contributed by atoms with E-state index in [1.54, 1.807) is 30.3 Å². The molecule has 0 aliphatic carbocycles. The molecule has 11 heteroatoms. The molecule has 0 fully saturated rings. The zero-order valence-electron chi connectivity index (χ0n) is 16.6. The average molecular weight is 449 g/mol. The van der Waals surface area contributed by atoms with Gasteiger partial charge in [0, 0.05) is 11.6 Å². The molecule has 3 N–H and O–H groups in total. The van der Waals surface area contributed by atoms with Crippen LogP contribution in [0.4, 0.5) is 13.2 Å². The van der Waals surface area contributed by atoms with Gasteiger partial charge in [0.05, 0.1) is 30.8 Å². The van der Waals surface area contributed by atoms with Crippen LogP contribution in [0.25, 0.3) is 5.69 Å². The molecular formula is C21H18F3N3O5. The van der Waals surface area contributed by atoms with Crippen molar-refractivity contribution in [1.82, 2.24) is 15.1 Å². The van der Waals surface area contributed by atoms with Gasteiger partial charge in [0.1, 0.15) is 5.75 Å². The van der Waals surface area contributed by atoms with E-state index in [0.717, 1.165) is 28.9 Å². The summed E-state index contributed by atoms with van der Waals surface area (Å²) in [5.74, 6) is -2.62. The highest BCUT2D eigenvalue weighted by atomic mass is 19.4. The number of carbonyl (C=O) groups excluding carboxylic acids is 1. The fourth-order valence-corrected chi connectivity index (χ4v) is 3.07. The normalized spacial score (nSPS) is 12.2. The molecule has 32 heavy (non-hydrogen) atoms. The third-order valence-corrected chi connectivity index (χ3v) is 4.54. The van der Waals surface area contributed by atoms with E-state index in [0.29, 0.717) is 5.69 Å². The molecule has 0 aliphatic heterocycles. The Bertz CT molecular complexity index is 1130. The summed E-state index contributed by atoms with van der Waals surface area (Å²) < 4.78 is 45.7. The van der Waals surface area contributed by atoms with E-state index >= 15 is 0 Å². The molecule has 0 saturated heterocycles. The van der Waals surface area contributed by atoms with Crippen LogP contribution >= 0.6 is 0 Å². The van der Waals surface area contributed by atoms with E-state index in [2.05, 4.69) is 10.4 Å². The number of carbonyl (C=O) groups is 2. The molecule has 0 saturated carbocycles. The second kappa shape index (κ2) is 9.00. The molecule has 0 spiro atoms. The summed E-state index contributed by atoms with van der Waals surface area (Å²) in [6.45, 7) is 0. The van der Waals surface area contributed by atoms with Gasteiger partial charge < -0.3 is 20.3 Å². The van der Waals surface area contributed by atoms with Crippen molar-refractivity contribution in [2.75, 3.05) is 7.11 Å². The van der Waals surface area contributed by atoms with E-state index in [4.69, 9.17) is 4.74 Å². The smallest absolute Gasteiger partial charge is 0.416 e. The van der Waals surface area contributed by atoms with Crippen molar-refractivity contribution in [2.45, 2.75) is 18.6 Å². The lowest BCUT2D eigenvalue weighted by molar-refractivity contribution is -0.138. The number of aliphatic carboxylic acids is 1. The Morgan fingerprint density at radius 2 is 1.84 bits per heavy atom. The third kappa shape index (κ3) is 4.99. The lowest BCUT2D eigenvalue weighted by Crippen LogP contribution is -2.31. The summed E-state index contributed by atoms with van der Waals surface area (Å²) >= 11 is 0. The van der Waals surface area contributed by atoms with Gasteiger partial charge in [0.2, 0.25) is 5.88 Å². The Morgan fingerprint density at radius 1 is 1.16 bits per heavy atom. The van der Waals surface area contributed by atoms with Gasteiger partial charge in [-0.3, -0.25) is 9.59 Å². The molecule has 8 nitrogen and oxygen atoms in total. The fraction of sp³-hybridized carbons (Fsp3) is 0.190. The Labute approximate surface area is 179 Å². The van der Waals surface area contributed by atoms with Crippen LogP contribution in [0.15, 0.2) is 54.6 Å². The van der Waals surface area contributed by atoms with Crippen LogP contribution in [-0.4, -0.2) is 39.0 Å². The molecular weight excluding hydrogens is 431 g/mol. The van der Waals surface area contributed by atoms with E-state index in [-0.39, 0.29) is 22.9 Å². The number of aromatic nitrogens is 2. The van der Waals surface area contributed by atoms with Gasteiger partial charge in [-0.05, 0) is 30.3 Å². The molecule has 1 atom stereocenters. The van der Waals surface area contributed by atoms with Gasteiger partial charge in [-0.15, -0.1) is 0 Å². The summed E-state index contributed by atoms with van der Waals surface area (Å²) in [6, 6.07) is 10.7. The van der Waals surface area contributed by atoms with Gasteiger partial charge in [-0.25, -0.2) is 4.68 Å². The zero-order chi connectivity index (χ0) is 23.5. The standard InChI is InChI=1S/C21H18F3N3O5/c1-32-17-8-7-12(21(22,23)24)9-14(17)15(11-19(29)30)25-20(31)16-10-18(28)27(26-16)13-5-3-2-4-6-13/h2-10,15,28H,11H2,1H3,(H,25,31)(H,29,30). The SMILES string of the molecule is COc1ccc(C(F)(F)F)cc1C(CC(=O)O)NC(=O)c1cc(O)n(-c2ccccc2)n1. The first kappa shape index (κ1) is 22.7. The van der Waals surface area contributed by atoms with Gasteiger partial charge in [0.25, 0.3) is 5.91 Å². The highest BCUT2D eigenvalue weighted by Crippen LogP contribution is 2.36. The monoisotopic (exact) mass is 449 g/mol. The molecule has 1 aromatic heterocycles.